The Morgan fingerprint density at radius 1 is 0.969 bits per heavy atom. The standard InChI is InChI=1S/C46H44ClFN8O9/c1-3-37(59)54-14-16-55(17-15-54)42-33-25-34(47)39(31-23-27(57)22-26-6-4-5-7-29(26)31)40(48)41(33)51-46(52-42)49-13-12-38(60)53(2)18-19-64-20-21-65-28-8-9-30-32(24-28)45(63)56(44(30)62)35-10-11-36(58)50-43(35)61/h3-9,22-25,35,57H,1,10-21H2,2H3,(H,49,51,52)(H,50,58,61). The van der Waals surface area contributed by atoms with Crippen LogP contribution >= 0.6 is 11.6 Å². The fraction of sp³-hybridized carbons (Fsp3) is 0.304. The number of fused-ring (bicyclic) bond motifs is 3. The molecule has 0 bridgehead atoms. The number of anilines is 2. The van der Waals surface area contributed by atoms with Crippen LogP contribution in [0.3, 0.4) is 0 Å². The van der Waals surface area contributed by atoms with Gasteiger partial charge in [0.25, 0.3) is 11.8 Å². The molecule has 0 spiro atoms. The largest absolute Gasteiger partial charge is 0.508 e. The van der Waals surface area contributed by atoms with E-state index in [1.165, 1.54) is 29.2 Å². The van der Waals surface area contributed by atoms with Crippen molar-refractivity contribution in [2.24, 2.45) is 0 Å². The number of imide groups is 2. The third-order valence-electron chi connectivity index (χ3n) is 11.6. The molecule has 6 amide bonds. The van der Waals surface area contributed by atoms with E-state index >= 15 is 4.39 Å². The van der Waals surface area contributed by atoms with Crippen LogP contribution in [0.4, 0.5) is 16.2 Å². The number of rotatable bonds is 15. The van der Waals surface area contributed by atoms with Gasteiger partial charge in [-0.2, -0.15) is 4.98 Å². The number of aromatic hydroxyl groups is 1. The van der Waals surface area contributed by atoms with Gasteiger partial charge in [-0.3, -0.25) is 39.0 Å². The zero-order valence-corrected chi connectivity index (χ0v) is 36.0. The highest BCUT2D eigenvalue weighted by atomic mass is 35.5. The Morgan fingerprint density at radius 2 is 1.74 bits per heavy atom. The summed E-state index contributed by atoms with van der Waals surface area (Å²) < 4.78 is 28.4. The summed E-state index contributed by atoms with van der Waals surface area (Å²) in [6, 6.07) is 15.3. The zero-order valence-electron chi connectivity index (χ0n) is 35.3. The van der Waals surface area contributed by atoms with Crippen molar-refractivity contribution in [3.05, 3.63) is 95.3 Å². The minimum absolute atomic E-state index is 0.0188. The molecule has 4 aromatic carbocycles. The van der Waals surface area contributed by atoms with E-state index in [2.05, 4.69) is 22.2 Å². The van der Waals surface area contributed by atoms with Crippen molar-refractivity contribution in [1.82, 2.24) is 30.0 Å². The lowest BCUT2D eigenvalue weighted by molar-refractivity contribution is -0.136. The SMILES string of the molecule is C=CC(=O)N1CCN(c2nc(NCCC(=O)N(C)CCOCCOc3ccc4c(c3)C(=O)N(C3CCC(=O)NC3=O)C4=O)nc3c(F)c(-c4cc(O)cc5ccccc45)c(Cl)cc23)CC1. The Labute approximate surface area is 376 Å². The van der Waals surface area contributed by atoms with Crippen LogP contribution in [-0.2, 0) is 23.9 Å². The van der Waals surface area contributed by atoms with Gasteiger partial charge in [0.05, 0.1) is 29.4 Å². The van der Waals surface area contributed by atoms with Crippen LogP contribution in [-0.4, -0.2) is 137 Å². The van der Waals surface area contributed by atoms with Gasteiger partial charge in [0.15, 0.2) is 5.82 Å². The van der Waals surface area contributed by atoms with E-state index in [0.717, 1.165) is 4.90 Å². The molecule has 3 N–H and O–H groups in total. The molecule has 2 saturated heterocycles. The second-order valence-corrected chi connectivity index (χ2v) is 16.1. The van der Waals surface area contributed by atoms with E-state index in [9.17, 15) is 33.9 Å². The highest BCUT2D eigenvalue weighted by Gasteiger charge is 2.44. The Morgan fingerprint density at radius 3 is 2.51 bits per heavy atom. The highest BCUT2D eigenvalue weighted by molar-refractivity contribution is 6.35. The molecule has 1 atom stereocenters. The van der Waals surface area contributed by atoms with Crippen molar-refractivity contribution >= 4 is 80.5 Å². The van der Waals surface area contributed by atoms with Crippen molar-refractivity contribution in [1.29, 1.82) is 0 Å². The fourth-order valence-electron chi connectivity index (χ4n) is 8.17. The number of hydrogen-bond acceptors (Lipinski definition) is 13. The summed E-state index contributed by atoms with van der Waals surface area (Å²) in [6.07, 6.45) is 1.38. The second kappa shape index (κ2) is 18.9. The van der Waals surface area contributed by atoms with E-state index in [1.54, 1.807) is 30.1 Å². The first-order chi connectivity index (χ1) is 31.3. The third-order valence-corrected chi connectivity index (χ3v) is 11.9. The number of carbonyl (C=O) groups is 6. The number of likely N-dealkylation sites (N-methyl/N-ethyl adjacent to an activating group) is 1. The van der Waals surface area contributed by atoms with Gasteiger partial charge in [0, 0.05) is 70.1 Å². The number of nitrogens with zero attached hydrogens (tertiary/aromatic N) is 6. The number of piperazine rings is 1. The molecule has 3 aliphatic heterocycles. The van der Waals surface area contributed by atoms with Gasteiger partial charge in [-0.15, -0.1) is 0 Å². The molecule has 19 heteroatoms. The molecular formula is C46H44ClFN8O9. The Balaban J connectivity index is 0.876. The number of aromatic nitrogens is 2. The van der Waals surface area contributed by atoms with Gasteiger partial charge in [-0.1, -0.05) is 42.4 Å². The molecule has 4 heterocycles. The lowest BCUT2D eigenvalue weighted by Crippen LogP contribution is -2.54. The molecule has 0 radical (unpaired) electrons. The molecule has 0 aliphatic carbocycles. The van der Waals surface area contributed by atoms with Crippen molar-refractivity contribution in [3.63, 3.8) is 0 Å². The predicted molar refractivity (Wildman–Crippen MR) is 238 cm³/mol. The summed E-state index contributed by atoms with van der Waals surface area (Å²) in [4.78, 5) is 90.7. The molecule has 5 aromatic rings. The molecule has 1 aromatic heterocycles. The number of phenols is 1. The van der Waals surface area contributed by atoms with E-state index in [0.29, 0.717) is 59.5 Å². The monoisotopic (exact) mass is 906 g/mol. The average molecular weight is 907 g/mol. The van der Waals surface area contributed by atoms with E-state index in [1.807, 2.05) is 29.2 Å². The number of ether oxygens (including phenoxy) is 2. The van der Waals surface area contributed by atoms with Crippen molar-refractivity contribution in [2.45, 2.75) is 25.3 Å². The quantitative estimate of drug-likeness (QED) is 0.0752. The van der Waals surface area contributed by atoms with Crippen LogP contribution in [0.15, 0.2) is 73.3 Å². The van der Waals surface area contributed by atoms with E-state index < -0.39 is 35.5 Å². The molecular weight excluding hydrogens is 863 g/mol. The summed E-state index contributed by atoms with van der Waals surface area (Å²) in [5.41, 5.74) is 0.670. The summed E-state index contributed by atoms with van der Waals surface area (Å²) in [5.74, 6) is -2.77. The zero-order chi connectivity index (χ0) is 45.9. The number of carbonyl (C=O) groups excluding carboxylic acids is 6. The molecule has 17 nitrogen and oxygen atoms in total. The first-order valence-electron chi connectivity index (χ1n) is 20.9. The second-order valence-electron chi connectivity index (χ2n) is 15.7. The van der Waals surface area contributed by atoms with Crippen molar-refractivity contribution in [2.75, 3.05) is 76.4 Å². The molecule has 3 aliphatic rings. The maximum Gasteiger partial charge on any atom is 0.262 e. The summed E-state index contributed by atoms with van der Waals surface area (Å²) >= 11 is 6.85. The van der Waals surface area contributed by atoms with Crippen LogP contribution < -0.4 is 20.3 Å². The molecule has 0 saturated carbocycles. The Kier molecular flexibility index (Phi) is 12.9. The number of amides is 6. The predicted octanol–water partition coefficient (Wildman–Crippen LogP) is 4.54. The summed E-state index contributed by atoms with van der Waals surface area (Å²) in [7, 11) is 1.64. The minimum atomic E-state index is -1.07. The van der Waals surface area contributed by atoms with Crippen LogP contribution in [0.25, 0.3) is 32.8 Å². The Bertz CT molecular complexity index is 2780. The Hall–Kier alpha value is -7.18. The van der Waals surface area contributed by atoms with Gasteiger partial charge < -0.3 is 34.6 Å². The van der Waals surface area contributed by atoms with Crippen molar-refractivity contribution in [3.8, 4) is 22.6 Å². The molecule has 336 valence electrons. The number of nitrogens with one attached hydrogen (secondary N) is 2. The molecule has 2 fully saturated rings. The summed E-state index contributed by atoms with van der Waals surface area (Å²) in [5, 5.41) is 17.7. The van der Waals surface area contributed by atoms with Crippen molar-refractivity contribution < 1.29 is 47.7 Å². The van der Waals surface area contributed by atoms with Crippen LogP contribution in [0.1, 0.15) is 40.0 Å². The van der Waals surface area contributed by atoms with Crippen LogP contribution in [0.2, 0.25) is 5.02 Å². The first kappa shape index (κ1) is 44.4. The topological polar surface area (TPSA) is 204 Å². The van der Waals surface area contributed by atoms with Crippen LogP contribution in [0.5, 0.6) is 11.5 Å². The smallest absolute Gasteiger partial charge is 0.262 e. The molecule has 1 unspecified atom stereocenters. The lowest BCUT2D eigenvalue weighted by Gasteiger charge is -2.35. The molecule has 8 rings (SSSR count). The van der Waals surface area contributed by atoms with E-state index in [-0.39, 0.29) is 103 Å². The number of phenolic OH excluding ortho intramolecular Hbond substituents is 1. The van der Waals surface area contributed by atoms with Gasteiger partial charge >= 0.3 is 0 Å². The molecule has 65 heavy (non-hydrogen) atoms. The van der Waals surface area contributed by atoms with Gasteiger partial charge in [0.1, 0.15) is 35.5 Å². The van der Waals surface area contributed by atoms with Crippen LogP contribution in [0, 0.1) is 5.82 Å². The maximum absolute atomic E-state index is 16.9. The number of halogens is 2. The number of benzene rings is 4. The summed E-state index contributed by atoms with van der Waals surface area (Å²) in [6.45, 7) is 5.97. The average Bonchev–Trinajstić information content (AvgIpc) is 3.54. The third kappa shape index (κ3) is 9.12. The van der Waals surface area contributed by atoms with E-state index in [4.69, 9.17) is 26.1 Å². The highest BCUT2D eigenvalue weighted by Crippen LogP contribution is 2.42. The first-order valence-corrected chi connectivity index (χ1v) is 21.3. The minimum Gasteiger partial charge on any atom is -0.508 e. The normalized spacial score (nSPS) is 16.2. The van der Waals surface area contributed by atoms with Gasteiger partial charge in [-0.25, -0.2) is 9.37 Å². The maximum atomic E-state index is 16.9. The number of piperidine rings is 1. The fourth-order valence-corrected chi connectivity index (χ4v) is 8.47. The van der Waals surface area contributed by atoms with Gasteiger partial charge in [0.2, 0.25) is 29.6 Å². The number of hydrogen-bond donors (Lipinski definition) is 3. The van der Waals surface area contributed by atoms with Gasteiger partial charge in [-0.05, 0) is 65.2 Å². The lowest BCUT2D eigenvalue weighted by atomic mass is 9.96.